The number of benzene rings is 1. The van der Waals surface area contributed by atoms with E-state index in [-0.39, 0.29) is 5.82 Å². The molecule has 0 atom stereocenters. The van der Waals surface area contributed by atoms with Gasteiger partial charge in [0.25, 0.3) is 0 Å². The van der Waals surface area contributed by atoms with Gasteiger partial charge in [-0.3, -0.25) is 4.98 Å². The van der Waals surface area contributed by atoms with Crippen molar-refractivity contribution in [3.8, 4) is 0 Å². The third-order valence-corrected chi connectivity index (χ3v) is 3.51. The third kappa shape index (κ3) is 4.01. The Kier molecular flexibility index (Phi) is 4.90. The van der Waals surface area contributed by atoms with Crippen LogP contribution in [0.15, 0.2) is 55.0 Å². The molecule has 0 saturated heterocycles. The Hall–Kier alpha value is -3.09. The van der Waals surface area contributed by atoms with Crippen LogP contribution in [0.4, 0.5) is 21.8 Å². The fraction of sp³-hybridized carbons (Fsp3) is 0.176. The number of pyridine rings is 1. The smallest absolute Gasteiger partial charge is 0.247 e. The Morgan fingerprint density at radius 2 is 1.92 bits per heavy atom. The van der Waals surface area contributed by atoms with Crippen LogP contribution in [0.3, 0.4) is 0 Å². The third-order valence-electron chi connectivity index (χ3n) is 3.51. The average Bonchev–Trinajstić information content (AvgIpc) is 2.63. The summed E-state index contributed by atoms with van der Waals surface area (Å²) in [5.74, 6) is 0.579. The fourth-order valence-electron chi connectivity index (χ4n) is 2.16. The molecule has 122 valence electrons. The Morgan fingerprint density at radius 1 is 1.12 bits per heavy atom. The molecule has 6 nitrogen and oxygen atoms in total. The summed E-state index contributed by atoms with van der Waals surface area (Å²) in [7, 11) is 1.89. The van der Waals surface area contributed by atoms with Crippen LogP contribution < -0.4 is 10.2 Å². The first-order valence-electron chi connectivity index (χ1n) is 7.54. The molecular weight excluding hydrogens is 307 g/mol. The quantitative estimate of drug-likeness (QED) is 0.752. The van der Waals surface area contributed by atoms with E-state index in [0.29, 0.717) is 17.5 Å². The number of rotatable bonds is 6. The lowest BCUT2D eigenvalue weighted by Crippen LogP contribution is -2.23. The molecule has 0 unspecified atom stereocenters. The van der Waals surface area contributed by atoms with Crippen molar-refractivity contribution < 1.29 is 4.39 Å². The molecule has 3 rings (SSSR count). The number of nitrogens with zero attached hydrogens (tertiary/aromatic N) is 5. The van der Waals surface area contributed by atoms with Gasteiger partial charge in [0.2, 0.25) is 5.95 Å². The number of anilines is 3. The maximum atomic E-state index is 13.7. The van der Waals surface area contributed by atoms with Crippen LogP contribution in [0.2, 0.25) is 0 Å². The van der Waals surface area contributed by atoms with Crippen LogP contribution >= 0.6 is 0 Å². The van der Waals surface area contributed by atoms with Gasteiger partial charge in [0.05, 0.1) is 11.9 Å². The van der Waals surface area contributed by atoms with E-state index in [9.17, 15) is 4.39 Å². The summed E-state index contributed by atoms with van der Waals surface area (Å²) in [4.78, 5) is 10.3. The van der Waals surface area contributed by atoms with Crippen molar-refractivity contribution >= 4 is 17.5 Å². The van der Waals surface area contributed by atoms with Gasteiger partial charge in [-0.2, -0.15) is 10.1 Å². The van der Waals surface area contributed by atoms with Crippen molar-refractivity contribution in [3.05, 3.63) is 66.4 Å². The average molecular weight is 324 g/mol. The van der Waals surface area contributed by atoms with Gasteiger partial charge >= 0.3 is 0 Å². The largest absolute Gasteiger partial charge is 0.342 e. The highest BCUT2D eigenvalue weighted by Crippen LogP contribution is 2.18. The second-order valence-electron chi connectivity index (χ2n) is 5.27. The maximum absolute atomic E-state index is 13.7. The molecule has 0 aliphatic carbocycles. The second-order valence-corrected chi connectivity index (χ2v) is 5.27. The molecule has 0 aliphatic heterocycles. The van der Waals surface area contributed by atoms with Crippen molar-refractivity contribution in [2.24, 2.45) is 0 Å². The van der Waals surface area contributed by atoms with Crippen LogP contribution in [0.5, 0.6) is 0 Å². The Morgan fingerprint density at radius 3 is 2.71 bits per heavy atom. The molecular formula is C17H17FN6. The van der Waals surface area contributed by atoms with Crippen LogP contribution in [0, 0.1) is 5.82 Å². The first kappa shape index (κ1) is 15.8. The number of likely N-dealkylation sites (N-methyl/N-ethyl adjacent to an activating group) is 1. The molecule has 3 aromatic rings. The van der Waals surface area contributed by atoms with Crippen molar-refractivity contribution in [3.63, 3.8) is 0 Å². The van der Waals surface area contributed by atoms with Gasteiger partial charge in [-0.1, -0.05) is 12.1 Å². The lowest BCUT2D eigenvalue weighted by Gasteiger charge is -2.17. The minimum absolute atomic E-state index is 0.344. The number of nitrogens with one attached hydrogen (secondary N) is 1. The Labute approximate surface area is 139 Å². The number of para-hydroxylation sites is 1. The van der Waals surface area contributed by atoms with E-state index in [1.807, 2.05) is 24.1 Å². The number of hydrogen-bond donors (Lipinski definition) is 1. The molecule has 24 heavy (non-hydrogen) atoms. The van der Waals surface area contributed by atoms with Gasteiger partial charge in [0.1, 0.15) is 5.82 Å². The first-order valence-corrected chi connectivity index (χ1v) is 7.54. The lowest BCUT2D eigenvalue weighted by atomic mass is 10.2. The molecule has 0 aliphatic rings. The highest BCUT2D eigenvalue weighted by atomic mass is 19.1. The van der Waals surface area contributed by atoms with Crippen LogP contribution in [0.25, 0.3) is 0 Å². The summed E-state index contributed by atoms with van der Waals surface area (Å²) >= 11 is 0. The minimum Gasteiger partial charge on any atom is -0.342 e. The zero-order chi connectivity index (χ0) is 16.8. The van der Waals surface area contributed by atoms with Crippen molar-refractivity contribution in [2.75, 3.05) is 23.8 Å². The Balaban J connectivity index is 1.67. The minimum atomic E-state index is -0.344. The Bertz CT molecular complexity index is 796. The highest BCUT2D eigenvalue weighted by molar-refractivity contribution is 5.56. The molecule has 1 aromatic carbocycles. The summed E-state index contributed by atoms with van der Waals surface area (Å²) in [6.45, 7) is 0.731. The molecule has 7 heteroatoms. The molecule has 0 radical (unpaired) electrons. The van der Waals surface area contributed by atoms with Crippen molar-refractivity contribution in [1.82, 2.24) is 20.2 Å². The van der Waals surface area contributed by atoms with E-state index in [4.69, 9.17) is 0 Å². The fourth-order valence-corrected chi connectivity index (χ4v) is 2.16. The predicted molar refractivity (Wildman–Crippen MR) is 90.7 cm³/mol. The van der Waals surface area contributed by atoms with E-state index in [1.54, 1.807) is 30.6 Å². The first-order chi connectivity index (χ1) is 11.7. The number of hydrogen-bond acceptors (Lipinski definition) is 6. The normalized spacial score (nSPS) is 10.4. The predicted octanol–water partition coefficient (Wildman–Crippen LogP) is 2.83. The van der Waals surface area contributed by atoms with E-state index < -0.39 is 0 Å². The SMILES string of the molecule is CN(CCc1ccncc1)c1nncc(Nc2ccccc2F)n1. The summed E-state index contributed by atoms with van der Waals surface area (Å²) in [6, 6.07) is 10.4. The molecule has 0 amide bonds. The zero-order valence-corrected chi connectivity index (χ0v) is 13.2. The molecule has 0 bridgehead atoms. The van der Waals surface area contributed by atoms with Gasteiger partial charge in [0.15, 0.2) is 5.82 Å². The van der Waals surface area contributed by atoms with E-state index in [2.05, 4.69) is 25.5 Å². The molecule has 1 N–H and O–H groups in total. The monoisotopic (exact) mass is 324 g/mol. The molecule has 0 fully saturated rings. The van der Waals surface area contributed by atoms with Crippen molar-refractivity contribution in [2.45, 2.75) is 6.42 Å². The standard InChI is InChI=1S/C17H17FN6/c1-24(11-8-13-6-9-19-10-7-13)17-22-16(12-20-23-17)21-15-5-3-2-4-14(15)18/h2-7,9-10,12H,8,11H2,1H3,(H,21,22,23). The van der Waals surface area contributed by atoms with Gasteiger partial charge in [-0.05, 0) is 36.2 Å². The van der Waals surface area contributed by atoms with Gasteiger partial charge in [0, 0.05) is 26.0 Å². The lowest BCUT2D eigenvalue weighted by molar-refractivity contribution is 0.631. The molecule has 2 heterocycles. The summed E-state index contributed by atoms with van der Waals surface area (Å²) in [6.07, 6.45) is 5.85. The van der Waals surface area contributed by atoms with Crippen molar-refractivity contribution in [1.29, 1.82) is 0 Å². The van der Waals surface area contributed by atoms with Crippen LogP contribution in [-0.2, 0) is 6.42 Å². The molecule has 2 aromatic heterocycles. The van der Waals surface area contributed by atoms with E-state index in [1.165, 1.54) is 17.8 Å². The number of halogens is 1. The molecule has 0 saturated carbocycles. The van der Waals surface area contributed by atoms with Gasteiger partial charge in [-0.15, -0.1) is 5.10 Å². The zero-order valence-electron chi connectivity index (χ0n) is 13.2. The topological polar surface area (TPSA) is 66.8 Å². The summed E-state index contributed by atoms with van der Waals surface area (Å²) in [5.41, 5.74) is 1.54. The maximum Gasteiger partial charge on any atom is 0.247 e. The summed E-state index contributed by atoms with van der Waals surface area (Å²) < 4.78 is 13.7. The van der Waals surface area contributed by atoms with Crippen LogP contribution in [0.1, 0.15) is 5.56 Å². The summed E-state index contributed by atoms with van der Waals surface area (Å²) in [5, 5.41) is 10.9. The second kappa shape index (κ2) is 7.45. The highest BCUT2D eigenvalue weighted by Gasteiger charge is 2.08. The van der Waals surface area contributed by atoms with E-state index >= 15 is 0 Å². The van der Waals surface area contributed by atoms with Gasteiger partial charge < -0.3 is 10.2 Å². The number of aromatic nitrogens is 4. The van der Waals surface area contributed by atoms with E-state index in [0.717, 1.165) is 13.0 Å². The van der Waals surface area contributed by atoms with Gasteiger partial charge in [-0.25, -0.2) is 4.39 Å². The van der Waals surface area contributed by atoms with Crippen LogP contribution in [-0.4, -0.2) is 33.8 Å². The molecule has 0 spiro atoms.